The van der Waals surface area contributed by atoms with Gasteiger partial charge < -0.3 is 17.3 Å². The van der Waals surface area contributed by atoms with Crippen molar-refractivity contribution in [3.8, 4) is 0 Å². The maximum atomic E-state index is 10.6. The number of rotatable bonds is 3. The molecule has 0 aliphatic rings. The van der Waals surface area contributed by atoms with E-state index in [4.69, 9.17) is 5.11 Å². The van der Waals surface area contributed by atoms with Gasteiger partial charge in [0.2, 0.25) is 0 Å². The Labute approximate surface area is 105 Å². The molecule has 75 valence electrons. The molecule has 0 aliphatic carbocycles. The molecule has 0 rings (SSSR count). The number of hydrogen-bond donors (Lipinski definition) is 1. The largest absolute Gasteiger partial charge is 0.541 e. The molecule has 0 bridgehead atoms. The third kappa shape index (κ3) is 3.86. The van der Waals surface area contributed by atoms with Crippen molar-refractivity contribution in [2.45, 2.75) is 27.7 Å². The van der Waals surface area contributed by atoms with Gasteiger partial charge in [0, 0.05) is 38.1 Å². The minimum absolute atomic E-state index is 0. The van der Waals surface area contributed by atoms with Gasteiger partial charge in [-0.2, -0.15) is 0 Å². The molecule has 0 aromatic heterocycles. The van der Waals surface area contributed by atoms with Crippen LogP contribution in [0.25, 0.3) is 0 Å². The molecule has 3 nitrogen and oxygen atoms in total. The van der Waals surface area contributed by atoms with Gasteiger partial charge >= 0.3 is 5.97 Å². The van der Waals surface area contributed by atoms with Gasteiger partial charge in [-0.3, -0.25) is 11.1 Å². The van der Waals surface area contributed by atoms with E-state index in [-0.39, 0.29) is 40.1 Å². The van der Waals surface area contributed by atoms with Gasteiger partial charge in [-0.1, -0.05) is 27.7 Å². The molecule has 0 saturated carbocycles. The van der Waals surface area contributed by atoms with E-state index in [1.54, 1.807) is 20.1 Å². The van der Waals surface area contributed by atoms with Crippen molar-refractivity contribution in [3.63, 3.8) is 0 Å². The fourth-order valence-electron chi connectivity index (χ4n) is 0.395. The van der Waals surface area contributed by atoms with Crippen LogP contribution in [-0.2, 0) is 42.3 Å². The molecule has 0 spiro atoms. The predicted octanol–water partition coefficient (Wildman–Crippen LogP) is 1.68. The quantitative estimate of drug-likeness (QED) is 0.786. The van der Waals surface area contributed by atoms with Crippen molar-refractivity contribution >= 4 is 12.3 Å². The van der Waals surface area contributed by atoms with Crippen LogP contribution in [0.1, 0.15) is 27.7 Å². The Kier molecular flexibility index (Phi) is 8.54. The second-order valence-electron chi connectivity index (χ2n) is 3.66. The third-order valence-electron chi connectivity index (χ3n) is 2.35. The zero-order chi connectivity index (χ0) is 9.28. The van der Waals surface area contributed by atoms with Crippen LogP contribution in [-0.4, -0.2) is 17.4 Å². The zero-order valence-electron chi connectivity index (χ0n) is 8.84. The van der Waals surface area contributed by atoms with Crippen LogP contribution in [0, 0.1) is 18.3 Å². The molecular weight excluding hydrogens is 245 g/mol. The van der Waals surface area contributed by atoms with Gasteiger partial charge in [0.25, 0.3) is 0 Å². The molecule has 13 heavy (non-hydrogen) atoms. The van der Waals surface area contributed by atoms with Gasteiger partial charge in [-0.05, 0) is 0 Å². The SMILES string of the molecule is CC(C)([C-]=O)C(C)(C)C(=O)O.[CH3-].[Y]. The molecule has 0 saturated heterocycles. The molecule has 1 N–H and O–H groups in total. The molecule has 0 aliphatic heterocycles. The first-order chi connectivity index (χ1) is 4.75. The van der Waals surface area contributed by atoms with Gasteiger partial charge in [0.1, 0.15) is 0 Å². The van der Waals surface area contributed by atoms with Gasteiger partial charge in [0.15, 0.2) is 0 Å². The molecule has 0 atom stereocenters. The molecule has 1 radical (unpaired) electrons. The molecule has 4 heteroatoms. The number of carbonyl (C=O) groups excluding carboxylic acids is 1. The number of carboxylic acid groups (broad SMARTS) is 1. The Morgan fingerprint density at radius 2 is 1.54 bits per heavy atom. The summed E-state index contributed by atoms with van der Waals surface area (Å²) in [6.07, 6.45) is 1.73. The molecule has 0 heterocycles. The Morgan fingerprint density at radius 1 is 1.23 bits per heavy atom. The monoisotopic (exact) mass is 261 g/mol. The number of hydrogen-bond acceptors (Lipinski definition) is 2. The smallest absolute Gasteiger partial charge is 0.307 e. The summed E-state index contributed by atoms with van der Waals surface area (Å²) < 4.78 is 0. The first kappa shape index (κ1) is 18.9. The summed E-state index contributed by atoms with van der Waals surface area (Å²) in [7, 11) is 0. The summed E-state index contributed by atoms with van der Waals surface area (Å²) in [6.45, 7) is 6.16. The molecule has 0 aromatic rings. The molecule has 0 unspecified atom stereocenters. The van der Waals surface area contributed by atoms with Crippen molar-refractivity contribution in [2.75, 3.05) is 0 Å². The van der Waals surface area contributed by atoms with E-state index >= 15 is 0 Å². The second kappa shape index (κ2) is 5.87. The maximum Gasteiger partial charge on any atom is 0.307 e. The number of carboxylic acids is 1. The molecule has 0 aromatic carbocycles. The third-order valence-corrected chi connectivity index (χ3v) is 2.35. The Balaban J connectivity index is -0.000000500. The number of aliphatic carboxylic acids is 1. The Morgan fingerprint density at radius 3 is 1.62 bits per heavy atom. The van der Waals surface area contributed by atoms with E-state index in [0.717, 1.165) is 0 Å². The molecule has 0 amide bonds. The Bertz CT molecular complexity index is 185. The van der Waals surface area contributed by atoms with Crippen molar-refractivity contribution in [3.05, 3.63) is 7.43 Å². The first-order valence-corrected chi connectivity index (χ1v) is 3.38. The topological polar surface area (TPSA) is 54.4 Å². The second-order valence-corrected chi connectivity index (χ2v) is 3.66. The van der Waals surface area contributed by atoms with Crippen molar-refractivity contribution < 1.29 is 47.4 Å². The van der Waals surface area contributed by atoms with Gasteiger partial charge in [-0.15, -0.1) is 5.41 Å². The van der Waals surface area contributed by atoms with E-state index in [1.807, 2.05) is 0 Å². The fourth-order valence-corrected chi connectivity index (χ4v) is 0.395. The van der Waals surface area contributed by atoms with Crippen molar-refractivity contribution in [1.82, 2.24) is 0 Å². The summed E-state index contributed by atoms with van der Waals surface area (Å²) in [5.74, 6) is -0.981. The minimum atomic E-state index is -1.06. The zero-order valence-corrected chi connectivity index (χ0v) is 11.7. The van der Waals surface area contributed by atoms with Crippen LogP contribution >= 0.6 is 0 Å². The predicted molar refractivity (Wildman–Crippen MR) is 47.3 cm³/mol. The van der Waals surface area contributed by atoms with E-state index in [2.05, 4.69) is 0 Å². The van der Waals surface area contributed by atoms with Crippen LogP contribution in [0.4, 0.5) is 0 Å². The van der Waals surface area contributed by atoms with E-state index < -0.39 is 16.8 Å². The fraction of sp³-hybridized carbons (Fsp3) is 0.667. The van der Waals surface area contributed by atoms with Crippen LogP contribution in [0.3, 0.4) is 0 Å². The van der Waals surface area contributed by atoms with Crippen LogP contribution in [0.15, 0.2) is 0 Å². The van der Waals surface area contributed by atoms with E-state index in [0.29, 0.717) is 0 Å². The van der Waals surface area contributed by atoms with Crippen molar-refractivity contribution in [1.29, 1.82) is 0 Å². The summed E-state index contributed by atoms with van der Waals surface area (Å²) in [4.78, 5) is 21.0. The van der Waals surface area contributed by atoms with E-state index in [9.17, 15) is 9.59 Å². The number of carbonyl (C=O) groups is 1. The Hall–Kier alpha value is 0.244. The summed E-state index contributed by atoms with van der Waals surface area (Å²) in [6, 6.07) is 0. The van der Waals surface area contributed by atoms with Gasteiger partial charge in [-0.25, -0.2) is 0 Å². The van der Waals surface area contributed by atoms with Crippen LogP contribution < -0.4 is 0 Å². The van der Waals surface area contributed by atoms with Crippen molar-refractivity contribution in [2.24, 2.45) is 10.8 Å². The molecule has 0 fully saturated rings. The maximum absolute atomic E-state index is 10.6. The van der Waals surface area contributed by atoms with Gasteiger partial charge in [0.05, 0.1) is 0 Å². The normalized spacial score (nSPS) is 10.8. The minimum Gasteiger partial charge on any atom is -0.541 e. The summed E-state index contributed by atoms with van der Waals surface area (Å²) >= 11 is 0. The van der Waals surface area contributed by atoms with Crippen LogP contribution in [0.5, 0.6) is 0 Å². The van der Waals surface area contributed by atoms with E-state index in [1.165, 1.54) is 13.8 Å². The summed E-state index contributed by atoms with van der Waals surface area (Å²) in [5.41, 5.74) is -2.01. The standard InChI is InChI=1S/C8H13O3.CH3.Y/c1-7(2,5-9)8(3,4)6(10)11;;/h1-4H3,(H,10,11);1H3;/q2*-1;. The summed E-state index contributed by atoms with van der Waals surface area (Å²) in [5, 5.41) is 8.73. The first-order valence-electron chi connectivity index (χ1n) is 3.38. The molecular formula is C9H16O3Y-2. The average molecular weight is 261 g/mol. The van der Waals surface area contributed by atoms with Crippen LogP contribution in [0.2, 0.25) is 0 Å². The average Bonchev–Trinajstić information content (AvgIpc) is 1.87.